The standard InChI is InChI=1S/C21H19ClF3N5O6S/c1-28-17-16(18(31)30(20(28)32)11-37(26,33)34)29(10-12-5-7-13(22)8-6-12)19(27-17)35-14-3-2-4-15(9-14)36-21(23,24)25/h2-9,16-17H,10-11H2,1H3,(H2,26,33,34). The van der Waals surface area contributed by atoms with Crippen molar-refractivity contribution in [2.24, 2.45) is 10.1 Å². The van der Waals surface area contributed by atoms with Gasteiger partial charge in [0, 0.05) is 24.7 Å². The van der Waals surface area contributed by atoms with Crippen LogP contribution in [0.5, 0.6) is 11.5 Å². The van der Waals surface area contributed by atoms with Crippen LogP contribution in [0.3, 0.4) is 0 Å². The van der Waals surface area contributed by atoms with Gasteiger partial charge in [-0.25, -0.2) is 28.2 Å². The molecule has 4 rings (SSSR count). The highest BCUT2D eigenvalue weighted by atomic mass is 35.5. The summed E-state index contributed by atoms with van der Waals surface area (Å²) >= 11 is 5.95. The molecule has 11 nitrogen and oxygen atoms in total. The fourth-order valence-electron chi connectivity index (χ4n) is 3.83. The lowest BCUT2D eigenvalue weighted by molar-refractivity contribution is -0.274. The predicted molar refractivity (Wildman–Crippen MR) is 124 cm³/mol. The zero-order valence-electron chi connectivity index (χ0n) is 18.9. The molecule has 0 aliphatic carbocycles. The van der Waals surface area contributed by atoms with Crippen LogP contribution < -0.4 is 14.6 Å². The number of carbonyl (C=O) groups is 2. The summed E-state index contributed by atoms with van der Waals surface area (Å²) in [4.78, 5) is 33.3. The lowest BCUT2D eigenvalue weighted by atomic mass is 10.1. The maximum atomic E-state index is 13.3. The van der Waals surface area contributed by atoms with Crippen molar-refractivity contribution in [1.29, 1.82) is 0 Å². The number of carbonyl (C=O) groups excluding carboxylic acids is 2. The average Bonchev–Trinajstić information content (AvgIpc) is 3.13. The molecule has 2 aromatic carbocycles. The molecule has 0 saturated carbocycles. The van der Waals surface area contributed by atoms with Crippen LogP contribution in [0.25, 0.3) is 0 Å². The van der Waals surface area contributed by atoms with Crippen molar-refractivity contribution in [3.8, 4) is 11.5 Å². The molecule has 0 radical (unpaired) electrons. The number of likely N-dealkylation sites (N-methyl/N-ethyl adjacent to an activating group) is 1. The summed E-state index contributed by atoms with van der Waals surface area (Å²) < 4.78 is 71.0. The highest BCUT2D eigenvalue weighted by Crippen LogP contribution is 2.32. The maximum absolute atomic E-state index is 13.3. The minimum Gasteiger partial charge on any atom is -0.426 e. The van der Waals surface area contributed by atoms with Gasteiger partial charge in [0.05, 0.1) is 0 Å². The van der Waals surface area contributed by atoms with Crippen LogP contribution in [0.1, 0.15) is 5.56 Å². The van der Waals surface area contributed by atoms with Gasteiger partial charge < -0.3 is 19.3 Å². The third-order valence-electron chi connectivity index (χ3n) is 5.38. The molecule has 16 heteroatoms. The third-order valence-corrected chi connectivity index (χ3v) is 6.25. The first-order valence-electron chi connectivity index (χ1n) is 10.4. The second-order valence-corrected chi connectivity index (χ2v) is 10.1. The number of aliphatic imine (C=N–C) groups is 1. The van der Waals surface area contributed by atoms with Gasteiger partial charge >= 0.3 is 12.4 Å². The summed E-state index contributed by atoms with van der Waals surface area (Å²) in [6.45, 7) is -0.00705. The number of halogens is 4. The Morgan fingerprint density at radius 1 is 1.11 bits per heavy atom. The molecule has 198 valence electrons. The molecule has 1 fully saturated rings. The number of fused-ring (bicyclic) bond motifs is 1. The van der Waals surface area contributed by atoms with E-state index in [0.29, 0.717) is 15.5 Å². The third kappa shape index (κ3) is 6.06. The number of amidine groups is 1. The first kappa shape index (κ1) is 26.5. The smallest absolute Gasteiger partial charge is 0.426 e. The summed E-state index contributed by atoms with van der Waals surface area (Å²) in [5.41, 5.74) is 0.640. The molecule has 2 aliphatic heterocycles. The molecule has 2 N–H and O–H groups in total. The number of amides is 3. The number of hydrogen-bond acceptors (Lipinski definition) is 8. The highest BCUT2D eigenvalue weighted by Gasteiger charge is 2.53. The molecule has 2 aromatic rings. The highest BCUT2D eigenvalue weighted by molar-refractivity contribution is 7.89. The molecule has 0 aromatic heterocycles. The Morgan fingerprint density at radius 3 is 2.38 bits per heavy atom. The Kier molecular flexibility index (Phi) is 6.96. The fourth-order valence-corrected chi connectivity index (χ4v) is 4.55. The van der Waals surface area contributed by atoms with Crippen LogP contribution in [0, 0.1) is 0 Å². The van der Waals surface area contributed by atoms with E-state index in [1.165, 1.54) is 24.1 Å². The first-order chi connectivity index (χ1) is 17.2. The van der Waals surface area contributed by atoms with Gasteiger partial charge in [-0.1, -0.05) is 29.8 Å². The Balaban J connectivity index is 1.70. The summed E-state index contributed by atoms with van der Waals surface area (Å²) in [5, 5.41) is 5.52. The summed E-state index contributed by atoms with van der Waals surface area (Å²) in [6.07, 6.45) is -6.05. The van der Waals surface area contributed by atoms with Crippen molar-refractivity contribution in [3.63, 3.8) is 0 Å². The quantitative estimate of drug-likeness (QED) is 0.572. The first-order valence-corrected chi connectivity index (χ1v) is 12.5. The van der Waals surface area contributed by atoms with E-state index in [1.807, 2.05) is 0 Å². The van der Waals surface area contributed by atoms with E-state index in [0.717, 1.165) is 17.0 Å². The van der Waals surface area contributed by atoms with Crippen LogP contribution in [0.4, 0.5) is 18.0 Å². The lowest BCUT2D eigenvalue weighted by Gasteiger charge is -2.40. The molecule has 37 heavy (non-hydrogen) atoms. The summed E-state index contributed by atoms with van der Waals surface area (Å²) in [7, 11) is -2.94. The molecule has 3 amide bonds. The second kappa shape index (κ2) is 9.72. The number of nitrogens with two attached hydrogens (primary N) is 1. The van der Waals surface area contributed by atoms with Gasteiger partial charge in [0.1, 0.15) is 17.4 Å². The number of imide groups is 1. The predicted octanol–water partition coefficient (Wildman–Crippen LogP) is 2.32. The van der Waals surface area contributed by atoms with Crippen LogP contribution in [-0.4, -0.2) is 72.6 Å². The molecule has 1 saturated heterocycles. The number of urea groups is 1. The van der Waals surface area contributed by atoms with Crippen molar-refractivity contribution >= 4 is 39.6 Å². The van der Waals surface area contributed by atoms with Gasteiger partial charge in [-0.15, -0.1) is 13.2 Å². The van der Waals surface area contributed by atoms with Gasteiger partial charge in [-0.05, 0) is 29.8 Å². The van der Waals surface area contributed by atoms with Gasteiger partial charge in [0.25, 0.3) is 11.9 Å². The van der Waals surface area contributed by atoms with Crippen molar-refractivity contribution in [1.82, 2.24) is 14.7 Å². The molecular weight excluding hydrogens is 543 g/mol. The molecule has 2 heterocycles. The van der Waals surface area contributed by atoms with E-state index in [4.69, 9.17) is 21.5 Å². The number of sulfonamides is 1. The molecule has 0 bridgehead atoms. The fraction of sp³-hybridized carbons (Fsp3) is 0.286. The SMILES string of the molecule is CN1C(=O)N(CS(N)(=O)=O)C(=O)C2C1N=C(Oc1cccc(OC(F)(F)F)c1)N2Cc1ccc(Cl)cc1. The Morgan fingerprint density at radius 2 is 1.76 bits per heavy atom. The molecule has 2 aliphatic rings. The molecule has 2 unspecified atom stereocenters. The van der Waals surface area contributed by atoms with Gasteiger partial charge in [-0.3, -0.25) is 4.79 Å². The van der Waals surface area contributed by atoms with Crippen molar-refractivity contribution in [3.05, 3.63) is 59.1 Å². The minimum atomic E-state index is -4.93. The van der Waals surface area contributed by atoms with E-state index < -0.39 is 52.2 Å². The Bertz CT molecular complexity index is 1360. The van der Waals surface area contributed by atoms with E-state index in [-0.39, 0.29) is 18.3 Å². The van der Waals surface area contributed by atoms with Gasteiger partial charge in [-0.2, -0.15) is 0 Å². The Hall–Kier alpha value is -3.56. The molecule has 0 spiro atoms. The zero-order valence-corrected chi connectivity index (χ0v) is 20.5. The van der Waals surface area contributed by atoms with Gasteiger partial charge in [0.2, 0.25) is 10.0 Å². The van der Waals surface area contributed by atoms with E-state index in [1.54, 1.807) is 24.3 Å². The number of ether oxygens (including phenoxy) is 2. The van der Waals surface area contributed by atoms with Gasteiger partial charge in [0.15, 0.2) is 12.2 Å². The number of alkyl halides is 3. The van der Waals surface area contributed by atoms with E-state index in [2.05, 4.69) is 9.73 Å². The summed E-state index contributed by atoms with van der Waals surface area (Å²) in [5.74, 6) is -2.59. The van der Waals surface area contributed by atoms with Crippen LogP contribution >= 0.6 is 11.6 Å². The topological polar surface area (TPSA) is 135 Å². The normalized spacial score (nSPS) is 20.2. The zero-order chi connectivity index (χ0) is 27.1. The van der Waals surface area contributed by atoms with E-state index >= 15 is 0 Å². The number of primary sulfonamides is 1. The van der Waals surface area contributed by atoms with E-state index in [9.17, 15) is 31.2 Å². The molecule has 2 atom stereocenters. The number of rotatable bonds is 6. The lowest BCUT2D eigenvalue weighted by Crippen LogP contribution is -2.65. The average molecular weight is 562 g/mol. The number of nitrogens with zero attached hydrogens (tertiary/aromatic N) is 4. The Labute approximate surface area is 213 Å². The molecular formula is C21H19ClF3N5O6S. The maximum Gasteiger partial charge on any atom is 0.573 e. The van der Waals surface area contributed by atoms with Crippen molar-refractivity contribution in [2.45, 2.75) is 25.1 Å². The largest absolute Gasteiger partial charge is 0.573 e. The van der Waals surface area contributed by atoms with Crippen molar-refractivity contribution < 1.29 is 40.7 Å². The minimum absolute atomic E-state index is 0.00705. The van der Waals surface area contributed by atoms with Crippen LogP contribution in [-0.2, 0) is 21.4 Å². The monoisotopic (exact) mass is 561 g/mol. The summed E-state index contributed by atoms with van der Waals surface area (Å²) in [6, 6.07) is 8.82. The number of hydrogen-bond donors (Lipinski definition) is 1. The van der Waals surface area contributed by atoms with Crippen LogP contribution in [0.2, 0.25) is 5.02 Å². The van der Waals surface area contributed by atoms with Crippen molar-refractivity contribution in [2.75, 3.05) is 12.9 Å². The van der Waals surface area contributed by atoms with Crippen LogP contribution in [0.15, 0.2) is 53.5 Å². The number of benzene rings is 2. The second-order valence-electron chi connectivity index (χ2n) is 8.10.